The van der Waals surface area contributed by atoms with Crippen molar-refractivity contribution in [2.75, 3.05) is 19.6 Å². The molecule has 0 atom stereocenters. The van der Waals surface area contributed by atoms with Gasteiger partial charge in [-0.05, 0) is 19.1 Å². The van der Waals surface area contributed by atoms with Crippen LogP contribution >= 0.6 is 0 Å². The monoisotopic (exact) mass is 338 g/mol. The van der Waals surface area contributed by atoms with Crippen LogP contribution in [0.2, 0.25) is 0 Å². The number of likely N-dealkylation sites (N-methyl/N-ethyl adjacent to an activating group) is 1. The SMILES string of the molecule is CCN(CCC(F)(F)F)C(=O)CNC(=O)c1cc(F)cc(F)c1. The van der Waals surface area contributed by atoms with Crippen LogP contribution in [0.5, 0.6) is 0 Å². The Labute approximate surface area is 129 Å². The third-order valence-electron chi connectivity index (χ3n) is 2.92. The van der Waals surface area contributed by atoms with Gasteiger partial charge in [-0.25, -0.2) is 8.78 Å². The fraction of sp³-hybridized carbons (Fsp3) is 0.429. The molecule has 0 saturated carbocycles. The zero-order valence-electron chi connectivity index (χ0n) is 12.2. The number of carbonyl (C=O) groups excluding carboxylic acids is 2. The van der Waals surface area contributed by atoms with Gasteiger partial charge in [0.1, 0.15) is 11.6 Å². The fourth-order valence-electron chi connectivity index (χ4n) is 1.78. The highest BCUT2D eigenvalue weighted by molar-refractivity contribution is 5.96. The van der Waals surface area contributed by atoms with Crippen LogP contribution in [0.3, 0.4) is 0 Å². The molecule has 23 heavy (non-hydrogen) atoms. The minimum Gasteiger partial charge on any atom is -0.343 e. The van der Waals surface area contributed by atoms with Crippen LogP contribution in [-0.2, 0) is 4.79 Å². The Balaban J connectivity index is 2.58. The molecule has 1 aromatic carbocycles. The fourth-order valence-corrected chi connectivity index (χ4v) is 1.78. The van der Waals surface area contributed by atoms with Crippen molar-refractivity contribution in [3.63, 3.8) is 0 Å². The van der Waals surface area contributed by atoms with Gasteiger partial charge in [0.25, 0.3) is 5.91 Å². The molecular weight excluding hydrogens is 323 g/mol. The first-order valence-electron chi connectivity index (χ1n) is 6.71. The third kappa shape index (κ3) is 6.62. The maximum Gasteiger partial charge on any atom is 0.390 e. The van der Waals surface area contributed by atoms with Gasteiger partial charge in [-0.2, -0.15) is 13.2 Å². The van der Waals surface area contributed by atoms with E-state index in [9.17, 15) is 31.5 Å². The number of halogens is 5. The summed E-state index contributed by atoms with van der Waals surface area (Å²) in [6, 6.07) is 2.14. The molecule has 9 heteroatoms. The smallest absolute Gasteiger partial charge is 0.343 e. The van der Waals surface area contributed by atoms with E-state index in [4.69, 9.17) is 0 Å². The maximum atomic E-state index is 13.0. The topological polar surface area (TPSA) is 49.4 Å². The van der Waals surface area contributed by atoms with Crippen LogP contribution in [0.4, 0.5) is 22.0 Å². The highest BCUT2D eigenvalue weighted by atomic mass is 19.4. The number of rotatable bonds is 6. The molecule has 0 spiro atoms. The van der Waals surface area contributed by atoms with E-state index in [0.717, 1.165) is 17.0 Å². The van der Waals surface area contributed by atoms with Gasteiger partial charge in [-0.1, -0.05) is 0 Å². The third-order valence-corrected chi connectivity index (χ3v) is 2.92. The Morgan fingerprint density at radius 2 is 1.70 bits per heavy atom. The number of hydrogen-bond donors (Lipinski definition) is 1. The van der Waals surface area contributed by atoms with E-state index >= 15 is 0 Å². The minimum atomic E-state index is -4.39. The highest BCUT2D eigenvalue weighted by Gasteiger charge is 2.28. The molecule has 1 N–H and O–H groups in total. The van der Waals surface area contributed by atoms with Gasteiger partial charge in [-0.3, -0.25) is 9.59 Å². The van der Waals surface area contributed by atoms with E-state index in [2.05, 4.69) is 5.32 Å². The molecule has 4 nitrogen and oxygen atoms in total. The van der Waals surface area contributed by atoms with Gasteiger partial charge in [0.15, 0.2) is 0 Å². The lowest BCUT2D eigenvalue weighted by Crippen LogP contribution is -2.41. The lowest BCUT2D eigenvalue weighted by atomic mass is 10.2. The molecule has 1 aromatic rings. The largest absolute Gasteiger partial charge is 0.390 e. The number of nitrogens with zero attached hydrogens (tertiary/aromatic N) is 1. The van der Waals surface area contributed by atoms with E-state index in [-0.39, 0.29) is 12.1 Å². The Morgan fingerprint density at radius 3 is 2.17 bits per heavy atom. The Hall–Kier alpha value is -2.19. The number of amides is 2. The average Bonchev–Trinajstić information content (AvgIpc) is 2.43. The number of alkyl halides is 3. The van der Waals surface area contributed by atoms with Crippen LogP contribution in [0, 0.1) is 11.6 Å². The van der Waals surface area contributed by atoms with E-state index in [0.29, 0.717) is 6.07 Å². The quantitative estimate of drug-likeness (QED) is 0.810. The van der Waals surface area contributed by atoms with Gasteiger partial charge in [0.05, 0.1) is 13.0 Å². The Kier molecular flexibility index (Phi) is 6.47. The van der Waals surface area contributed by atoms with Crippen LogP contribution < -0.4 is 5.32 Å². The molecule has 0 saturated heterocycles. The predicted molar refractivity (Wildman–Crippen MR) is 71.6 cm³/mol. The molecule has 1 rings (SSSR count). The summed E-state index contributed by atoms with van der Waals surface area (Å²) in [5, 5.41) is 2.12. The summed E-state index contributed by atoms with van der Waals surface area (Å²) in [5.41, 5.74) is -0.325. The van der Waals surface area contributed by atoms with Crippen molar-refractivity contribution in [1.82, 2.24) is 10.2 Å². The van der Waals surface area contributed by atoms with Crippen molar-refractivity contribution in [3.8, 4) is 0 Å². The van der Waals surface area contributed by atoms with Gasteiger partial charge in [0.2, 0.25) is 5.91 Å². The second-order valence-electron chi connectivity index (χ2n) is 4.68. The average molecular weight is 338 g/mol. The van der Waals surface area contributed by atoms with Crippen LogP contribution in [0.25, 0.3) is 0 Å². The van der Waals surface area contributed by atoms with Crippen molar-refractivity contribution in [3.05, 3.63) is 35.4 Å². The number of benzene rings is 1. The van der Waals surface area contributed by atoms with Gasteiger partial charge >= 0.3 is 6.18 Å². The normalized spacial score (nSPS) is 11.2. The first-order chi connectivity index (χ1) is 10.6. The molecule has 0 fully saturated rings. The second-order valence-corrected chi connectivity index (χ2v) is 4.68. The standard InChI is InChI=1S/C14H15F5N2O2/c1-2-21(4-3-14(17,18)19)12(22)8-20-13(23)9-5-10(15)7-11(16)6-9/h5-7H,2-4,8H2,1H3,(H,20,23). The van der Waals surface area contributed by atoms with Crippen molar-refractivity contribution >= 4 is 11.8 Å². The first-order valence-corrected chi connectivity index (χ1v) is 6.71. The molecule has 0 aliphatic carbocycles. The second kappa shape index (κ2) is 7.89. The highest BCUT2D eigenvalue weighted by Crippen LogP contribution is 2.19. The van der Waals surface area contributed by atoms with E-state index in [1.54, 1.807) is 0 Å². The van der Waals surface area contributed by atoms with Crippen LogP contribution in [0.1, 0.15) is 23.7 Å². The Morgan fingerprint density at radius 1 is 1.13 bits per heavy atom. The molecule has 0 bridgehead atoms. The van der Waals surface area contributed by atoms with Gasteiger partial charge < -0.3 is 10.2 Å². The van der Waals surface area contributed by atoms with E-state index < -0.39 is 49.1 Å². The molecule has 0 radical (unpaired) electrons. The molecule has 0 unspecified atom stereocenters. The maximum absolute atomic E-state index is 13.0. The number of carbonyl (C=O) groups is 2. The minimum absolute atomic E-state index is 0.0410. The van der Waals surface area contributed by atoms with Gasteiger partial charge in [0, 0.05) is 24.7 Å². The van der Waals surface area contributed by atoms with Gasteiger partial charge in [-0.15, -0.1) is 0 Å². The van der Waals surface area contributed by atoms with Crippen molar-refractivity contribution in [1.29, 1.82) is 0 Å². The lowest BCUT2D eigenvalue weighted by molar-refractivity contribution is -0.144. The molecule has 0 heterocycles. The van der Waals surface area contributed by atoms with Crippen molar-refractivity contribution in [2.45, 2.75) is 19.5 Å². The summed E-state index contributed by atoms with van der Waals surface area (Å²) in [7, 11) is 0. The van der Waals surface area contributed by atoms with E-state index in [1.165, 1.54) is 6.92 Å². The first kappa shape index (κ1) is 18.9. The zero-order chi connectivity index (χ0) is 17.6. The van der Waals surface area contributed by atoms with Crippen LogP contribution in [-0.4, -0.2) is 42.5 Å². The number of hydrogen-bond acceptors (Lipinski definition) is 2. The zero-order valence-corrected chi connectivity index (χ0v) is 12.2. The predicted octanol–water partition coefficient (Wildman–Crippen LogP) is 2.50. The van der Waals surface area contributed by atoms with Crippen LogP contribution in [0.15, 0.2) is 18.2 Å². The molecule has 0 aliphatic heterocycles. The molecular formula is C14H15F5N2O2. The van der Waals surface area contributed by atoms with Crippen molar-refractivity contribution in [2.24, 2.45) is 0 Å². The summed E-state index contributed by atoms with van der Waals surface area (Å²) in [6.07, 6.45) is -5.55. The van der Waals surface area contributed by atoms with Crippen molar-refractivity contribution < 1.29 is 31.5 Å². The molecule has 128 valence electrons. The Bertz CT molecular complexity index is 555. The number of nitrogens with one attached hydrogen (secondary N) is 1. The molecule has 0 aromatic heterocycles. The summed E-state index contributed by atoms with van der Waals surface area (Å²) >= 11 is 0. The van der Waals surface area contributed by atoms with E-state index in [1.807, 2.05) is 0 Å². The summed E-state index contributed by atoms with van der Waals surface area (Å²) in [6.45, 7) is 0.448. The lowest BCUT2D eigenvalue weighted by Gasteiger charge is -2.21. The summed E-state index contributed by atoms with van der Waals surface area (Å²) in [4.78, 5) is 24.4. The summed E-state index contributed by atoms with van der Waals surface area (Å²) in [5.74, 6) is -3.53. The molecule has 0 aliphatic rings. The summed E-state index contributed by atoms with van der Waals surface area (Å²) < 4.78 is 62.4. The molecule has 2 amide bonds.